The summed E-state index contributed by atoms with van der Waals surface area (Å²) in [7, 11) is 3.33. The molecule has 132 valence electrons. The third-order valence-corrected chi connectivity index (χ3v) is 5.00. The summed E-state index contributed by atoms with van der Waals surface area (Å²) in [6.45, 7) is 2.88. The number of fused-ring (bicyclic) bond motifs is 1. The first-order valence-electron chi connectivity index (χ1n) is 8.71. The van der Waals surface area contributed by atoms with Crippen molar-refractivity contribution in [2.45, 2.75) is 32.2 Å². The van der Waals surface area contributed by atoms with E-state index in [0.717, 1.165) is 36.4 Å². The molecule has 0 spiro atoms. The van der Waals surface area contributed by atoms with E-state index in [0.29, 0.717) is 6.42 Å². The zero-order valence-electron chi connectivity index (χ0n) is 15.1. The van der Waals surface area contributed by atoms with Gasteiger partial charge in [-0.05, 0) is 60.7 Å². The second kappa shape index (κ2) is 7.60. The Balaban J connectivity index is 1.65. The van der Waals surface area contributed by atoms with Crippen LogP contribution >= 0.6 is 0 Å². The molecule has 0 radical (unpaired) electrons. The third kappa shape index (κ3) is 3.78. The number of rotatable bonds is 5. The molecule has 2 aromatic rings. The molecule has 3 rings (SSSR count). The summed E-state index contributed by atoms with van der Waals surface area (Å²) < 4.78 is 10.5. The topological polar surface area (TPSA) is 38.8 Å². The predicted octanol–water partition coefficient (Wildman–Crippen LogP) is 3.78. The molecule has 0 saturated heterocycles. The van der Waals surface area contributed by atoms with Crippen LogP contribution < -0.4 is 9.47 Å². The molecule has 4 nitrogen and oxygen atoms in total. The maximum absolute atomic E-state index is 12.7. The fourth-order valence-electron chi connectivity index (χ4n) is 3.45. The lowest BCUT2D eigenvalue weighted by Gasteiger charge is -2.35. The molecule has 1 aliphatic heterocycles. The van der Waals surface area contributed by atoms with E-state index in [1.807, 2.05) is 35.2 Å². The molecule has 1 atom stereocenters. The largest absolute Gasteiger partial charge is 0.497 e. The third-order valence-electron chi connectivity index (χ3n) is 5.00. The molecule has 1 unspecified atom stereocenters. The highest BCUT2D eigenvalue weighted by atomic mass is 16.5. The number of methoxy groups -OCH3 is 2. The van der Waals surface area contributed by atoms with E-state index in [1.54, 1.807) is 14.2 Å². The molecular formula is C21H25NO3. The molecule has 1 aliphatic rings. The number of amides is 1. The fraction of sp³-hybridized carbons (Fsp3) is 0.381. The molecule has 0 aliphatic carbocycles. The van der Waals surface area contributed by atoms with Gasteiger partial charge in [0.25, 0.3) is 0 Å². The molecule has 0 fully saturated rings. The maximum atomic E-state index is 12.7. The second-order valence-electron chi connectivity index (χ2n) is 6.43. The van der Waals surface area contributed by atoms with E-state index >= 15 is 0 Å². The highest BCUT2D eigenvalue weighted by molar-refractivity contribution is 5.77. The first-order chi connectivity index (χ1) is 12.1. The van der Waals surface area contributed by atoms with Crippen molar-refractivity contribution < 1.29 is 14.3 Å². The van der Waals surface area contributed by atoms with Crippen LogP contribution in [0.1, 0.15) is 36.1 Å². The molecule has 25 heavy (non-hydrogen) atoms. The van der Waals surface area contributed by atoms with Crippen molar-refractivity contribution in [1.29, 1.82) is 0 Å². The zero-order chi connectivity index (χ0) is 17.8. The zero-order valence-corrected chi connectivity index (χ0v) is 15.1. The lowest BCUT2D eigenvalue weighted by atomic mass is 9.93. The average molecular weight is 339 g/mol. The van der Waals surface area contributed by atoms with Gasteiger partial charge in [-0.1, -0.05) is 18.2 Å². The van der Waals surface area contributed by atoms with Gasteiger partial charge in [0, 0.05) is 13.0 Å². The van der Waals surface area contributed by atoms with E-state index in [-0.39, 0.29) is 11.9 Å². The number of ether oxygens (including phenoxy) is 2. The molecule has 4 heteroatoms. The Bertz CT molecular complexity index is 739. The van der Waals surface area contributed by atoms with Crippen LogP contribution in [-0.2, 0) is 17.6 Å². The Morgan fingerprint density at radius 3 is 2.44 bits per heavy atom. The molecule has 0 aromatic heterocycles. The SMILES string of the molecule is COc1ccc(CCC(=O)N2CCc3ccc(OC)cc3C2C)cc1. The quantitative estimate of drug-likeness (QED) is 0.832. The number of hydrogen-bond donors (Lipinski definition) is 0. The van der Waals surface area contributed by atoms with Crippen LogP contribution in [0.2, 0.25) is 0 Å². The number of aryl methyl sites for hydroxylation is 1. The molecule has 0 saturated carbocycles. The van der Waals surface area contributed by atoms with Crippen LogP contribution in [0.4, 0.5) is 0 Å². The highest BCUT2D eigenvalue weighted by Crippen LogP contribution is 2.32. The summed E-state index contributed by atoms with van der Waals surface area (Å²) >= 11 is 0. The number of nitrogens with zero attached hydrogens (tertiary/aromatic N) is 1. The van der Waals surface area contributed by atoms with Gasteiger partial charge in [0.1, 0.15) is 11.5 Å². The molecule has 2 aromatic carbocycles. The Labute approximate surface area is 149 Å². The summed E-state index contributed by atoms with van der Waals surface area (Å²) in [5, 5.41) is 0. The van der Waals surface area contributed by atoms with Crippen molar-refractivity contribution in [3.8, 4) is 11.5 Å². The van der Waals surface area contributed by atoms with Gasteiger partial charge in [0.05, 0.1) is 20.3 Å². The molecule has 0 N–H and O–H groups in total. The molecule has 0 bridgehead atoms. The van der Waals surface area contributed by atoms with Crippen LogP contribution in [0, 0.1) is 0 Å². The van der Waals surface area contributed by atoms with E-state index < -0.39 is 0 Å². The monoisotopic (exact) mass is 339 g/mol. The van der Waals surface area contributed by atoms with Crippen molar-refractivity contribution in [2.24, 2.45) is 0 Å². The van der Waals surface area contributed by atoms with E-state index in [1.165, 1.54) is 11.1 Å². The van der Waals surface area contributed by atoms with E-state index in [9.17, 15) is 4.79 Å². The number of benzene rings is 2. The Hall–Kier alpha value is -2.49. The second-order valence-corrected chi connectivity index (χ2v) is 6.43. The predicted molar refractivity (Wildman–Crippen MR) is 98.1 cm³/mol. The van der Waals surface area contributed by atoms with Crippen molar-refractivity contribution in [1.82, 2.24) is 4.90 Å². The van der Waals surface area contributed by atoms with Gasteiger partial charge in [-0.3, -0.25) is 4.79 Å². The Morgan fingerprint density at radius 2 is 1.76 bits per heavy atom. The van der Waals surface area contributed by atoms with Gasteiger partial charge in [0.2, 0.25) is 5.91 Å². The van der Waals surface area contributed by atoms with Crippen molar-refractivity contribution >= 4 is 5.91 Å². The van der Waals surface area contributed by atoms with Crippen LogP contribution in [-0.4, -0.2) is 31.6 Å². The number of hydrogen-bond acceptors (Lipinski definition) is 3. The van der Waals surface area contributed by atoms with Crippen LogP contribution in [0.25, 0.3) is 0 Å². The van der Waals surface area contributed by atoms with Crippen LogP contribution in [0.5, 0.6) is 11.5 Å². The first kappa shape index (κ1) is 17.3. The molecular weight excluding hydrogens is 314 g/mol. The van der Waals surface area contributed by atoms with Crippen molar-refractivity contribution in [3.63, 3.8) is 0 Å². The lowest BCUT2D eigenvalue weighted by Crippen LogP contribution is -2.38. The number of carbonyl (C=O) groups is 1. The summed E-state index contributed by atoms with van der Waals surface area (Å²) in [6, 6.07) is 14.2. The van der Waals surface area contributed by atoms with E-state index in [4.69, 9.17) is 9.47 Å². The minimum atomic E-state index is 0.0854. The first-order valence-corrected chi connectivity index (χ1v) is 8.71. The van der Waals surface area contributed by atoms with Gasteiger partial charge in [-0.2, -0.15) is 0 Å². The maximum Gasteiger partial charge on any atom is 0.223 e. The minimum absolute atomic E-state index is 0.0854. The average Bonchev–Trinajstić information content (AvgIpc) is 2.66. The number of carbonyl (C=O) groups excluding carboxylic acids is 1. The lowest BCUT2D eigenvalue weighted by molar-refractivity contribution is -0.133. The van der Waals surface area contributed by atoms with Gasteiger partial charge in [-0.15, -0.1) is 0 Å². The molecule has 1 amide bonds. The van der Waals surface area contributed by atoms with Gasteiger partial charge < -0.3 is 14.4 Å². The molecule has 1 heterocycles. The summed E-state index contributed by atoms with van der Waals surface area (Å²) in [6.07, 6.45) is 2.17. The normalized spacial score (nSPS) is 16.3. The fourth-order valence-corrected chi connectivity index (χ4v) is 3.45. The highest BCUT2D eigenvalue weighted by Gasteiger charge is 2.27. The van der Waals surface area contributed by atoms with Crippen molar-refractivity contribution in [2.75, 3.05) is 20.8 Å². The van der Waals surface area contributed by atoms with E-state index in [2.05, 4.69) is 19.1 Å². The summed E-state index contributed by atoms with van der Waals surface area (Å²) in [5.74, 6) is 1.89. The smallest absolute Gasteiger partial charge is 0.223 e. The van der Waals surface area contributed by atoms with Crippen LogP contribution in [0.15, 0.2) is 42.5 Å². The van der Waals surface area contributed by atoms with Gasteiger partial charge in [0.15, 0.2) is 0 Å². The van der Waals surface area contributed by atoms with Crippen molar-refractivity contribution in [3.05, 3.63) is 59.2 Å². The summed E-state index contributed by atoms with van der Waals surface area (Å²) in [5.41, 5.74) is 3.66. The van der Waals surface area contributed by atoms with Gasteiger partial charge in [-0.25, -0.2) is 0 Å². The summed E-state index contributed by atoms with van der Waals surface area (Å²) in [4.78, 5) is 14.7. The Morgan fingerprint density at radius 1 is 1.08 bits per heavy atom. The van der Waals surface area contributed by atoms with Crippen LogP contribution in [0.3, 0.4) is 0 Å². The standard InChI is InChI=1S/C21H25NO3/c1-15-20-14-19(25-3)10-7-17(20)12-13-22(15)21(23)11-6-16-4-8-18(24-2)9-5-16/h4-5,7-10,14-15H,6,11-13H2,1-3H3. The Kier molecular flexibility index (Phi) is 5.27. The van der Waals surface area contributed by atoms with Gasteiger partial charge >= 0.3 is 0 Å². The minimum Gasteiger partial charge on any atom is -0.497 e.